The molecule has 0 saturated heterocycles. The largest absolute Gasteiger partial charge is 0.481 e. The van der Waals surface area contributed by atoms with Gasteiger partial charge in [-0.15, -0.1) is 0 Å². The first-order valence-corrected chi connectivity index (χ1v) is 12.6. The molecule has 2 atom stereocenters. The minimum atomic E-state index is -0.761. The van der Waals surface area contributed by atoms with Gasteiger partial charge in [-0.25, -0.2) is 4.79 Å². The normalized spacial score (nSPS) is 18.9. The maximum Gasteiger partial charge on any atom is 0.407 e. The number of carbonyl (C=O) groups is 3. The van der Waals surface area contributed by atoms with Gasteiger partial charge in [-0.1, -0.05) is 61.4 Å². The fraction of sp³-hybridized carbons (Fsp3) is 0.464. The third kappa shape index (κ3) is 6.21. The Balaban J connectivity index is 1.12. The van der Waals surface area contributed by atoms with Crippen molar-refractivity contribution in [3.05, 3.63) is 59.7 Å². The third-order valence-electron chi connectivity index (χ3n) is 7.23. The van der Waals surface area contributed by atoms with Gasteiger partial charge in [0.25, 0.3) is 0 Å². The Morgan fingerprint density at radius 1 is 0.886 bits per heavy atom. The van der Waals surface area contributed by atoms with E-state index in [1.54, 1.807) is 0 Å². The fourth-order valence-corrected chi connectivity index (χ4v) is 5.36. The number of rotatable bonds is 10. The summed E-state index contributed by atoms with van der Waals surface area (Å²) in [6.07, 6.45) is 4.72. The van der Waals surface area contributed by atoms with Crippen LogP contribution in [-0.2, 0) is 14.3 Å². The summed E-state index contributed by atoms with van der Waals surface area (Å²) in [4.78, 5) is 35.7. The highest BCUT2D eigenvalue weighted by atomic mass is 16.5. The van der Waals surface area contributed by atoms with Crippen LogP contribution in [0.15, 0.2) is 48.5 Å². The first-order chi connectivity index (χ1) is 17.0. The predicted molar refractivity (Wildman–Crippen MR) is 133 cm³/mol. The van der Waals surface area contributed by atoms with E-state index in [0.29, 0.717) is 38.8 Å². The van der Waals surface area contributed by atoms with Gasteiger partial charge in [0.2, 0.25) is 5.91 Å². The monoisotopic (exact) mass is 478 g/mol. The molecule has 0 bridgehead atoms. The van der Waals surface area contributed by atoms with E-state index in [0.717, 1.165) is 19.3 Å². The Labute approximate surface area is 206 Å². The summed E-state index contributed by atoms with van der Waals surface area (Å²) in [5, 5.41) is 15.0. The van der Waals surface area contributed by atoms with Crippen LogP contribution in [0, 0.1) is 11.8 Å². The van der Waals surface area contributed by atoms with Crippen LogP contribution in [0.1, 0.15) is 62.0 Å². The molecule has 1 saturated carbocycles. The lowest BCUT2D eigenvalue weighted by Gasteiger charge is -2.28. The highest BCUT2D eigenvalue weighted by Crippen LogP contribution is 2.44. The summed E-state index contributed by atoms with van der Waals surface area (Å²) >= 11 is 0. The number of amides is 2. The van der Waals surface area contributed by atoms with Crippen molar-refractivity contribution in [3.63, 3.8) is 0 Å². The second-order valence-electron chi connectivity index (χ2n) is 9.50. The maximum absolute atomic E-state index is 12.2. The van der Waals surface area contributed by atoms with Crippen molar-refractivity contribution in [2.24, 2.45) is 11.8 Å². The standard InChI is InChI=1S/C28H34N2O5/c31-26(30-17-19-9-1-2-10-20(19)27(32)33)15-7-8-16-29-28(34)35-18-25-23-13-5-3-11-21(23)22-12-4-6-14-24(22)25/h3-6,11-14,19-20,25H,1-2,7-10,15-18H2,(H,29,34)(H,30,31)(H,32,33). The molecule has 2 aromatic rings. The first kappa shape index (κ1) is 24.8. The molecule has 0 heterocycles. The second-order valence-corrected chi connectivity index (χ2v) is 9.50. The van der Waals surface area contributed by atoms with Crippen LogP contribution in [-0.4, -0.2) is 42.8 Å². The van der Waals surface area contributed by atoms with Crippen molar-refractivity contribution < 1.29 is 24.2 Å². The molecule has 2 amide bonds. The number of unbranched alkanes of at least 4 members (excludes halogenated alkanes) is 1. The van der Waals surface area contributed by atoms with E-state index in [1.807, 2.05) is 24.3 Å². The molecule has 0 aliphatic heterocycles. The second kappa shape index (κ2) is 11.9. The molecule has 0 aromatic heterocycles. The van der Waals surface area contributed by atoms with Crippen LogP contribution in [0.3, 0.4) is 0 Å². The van der Waals surface area contributed by atoms with Crippen molar-refractivity contribution in [1.29, 1.82) is 0 Å². The Morgan fingerprint density at radius 2 is 1.54 bits per heavy atom. The zero-order valence-corrected chi connectivity index (χ0v) is 20.0. The van der Waals surface area contributed by atoms with Gasteiger partial charge < -0.3 is 20.5 Å². The van der Waals surface area contributed by atoms with E-state index in [1.165, 1.54) is 22.3 Å². The molecular formula is C28H34N2O5. The number of hydrogen-bond donors (Lipinski definition) is 3. The minimum Gasteiger partial charge on any atom is -0.481 e. The number of benzene rings is 2. The molecule has 2 aliphatic rings. The molecule has 186 valence electrons. The summed E-state index contributed by atoms with van der Waals surface area (Å²) in [5.74, 6) is -1.14. The average Bonchev–Trinajstić information content (AvgIpc) is 3.20. The molecule has 7 nitrogen and oxygen atoms in total. The summed E-state index contributed by atoms with van der Waals surface area (Å²) in [6, 6.07) is 16.4. The number of alkyl carbamates (subject to hydrolysis) is 1. The fourth-order valence-electron chi connectivity index (χ4n) is 5.36. The van der Waals surface area contributed by atoms with Crippen LogP contribution in [0.5, 0.6) is 0 Å². The number of fused-ring (bicyclic) bond motifs is 3. The Bertz CT molecular complexity index is 1010. The lowest BCUT2D eigenvalue weighted by atomic mass is 9.79. The van der Waals surface area contributed by atoms with Crippen molar-refractivity contribution in [1.82, 2.24) is 10.6 Å². The van der Waals surface area contributed by atoms with Gasteiger partial charge in [0, 0.05) is 25.4 Å². The molecule has 0 radical (unpaired) electrons. The van der Waals surface area contributed by atoms with Crippen molar-refractivity contribution in [2.45, 2.75) is 50.9 Å². The van der Waals surface area contributed by atoms with E-state index in [-0.39, 0.29) is 30.3 Å². The van der Waals surface area contributed by atoms with Gasteiger partial charge >= 0.3 is 12.1 Å². The Hall–Kier alpha value is -3.35. The quantitative estimate of drug-likeness (QED) is 0.429. The van der Waals surface area contributed by atoms with Crippen LogP contribution >= 0.6 is 0 Å². The van der Waals surface area contributed by atoms with E-state index in [4.69, 9.17) is 4.74 Å². The lowest BCUT2D eigenvalue weighted by Crippen LogP contribution is -2.37. The number of nitrogens with one attached hydrogen (secondary N) is 2. The highest BCUT2D eigenvalue weighted by Gasteiger charge is 2.31. The number of carboxylic acids is 1. The molecular weight excluding hydrogens is 444 g/mol. The van der Waals surface area contributed by atoms with Crippen molar-refractivity contribution in [3.8, 4) is 11.1 Å². The molecule has 0 spiro atoms. The van der Waals surface area contributed by atoms with E-state index in [2.05, 4.69) is 34.9 Å². The van der Waals surface area contributed by atoms with E-state index >= 15 is 0 Å². The number of ether oxygens (including phenoxy) is 1. The third-order valence-corrected chi connectivity index (χ3v) is 7.23. The molecule has 4 rings (SSSR count). The molecule has 3 N–H and O–H groups in total. The number of aliphatic carboxylic acids is 1. The van der Waals surface area contributed by atoms with Crippen molar-refractivity contribution >= 4 is 18.0 Å². The van der Waals surface area contributed by atoms with Crippen LogP contribution in [0.25, 0.3) is 11.1 Å². The SMILES string of the molecule is O=C(CCCCNC(=O)OCC1c2ccccc2-c2ccccc21)NCC1CCCCC1C(=O)O. The topological polar surface area (TPSA) is 105 Å². The average molecular weight is 479 g/mol. The molecule has 2 unspecified atom stereocenters. The van der Waals surface area contributed by atoms with Gasteiger partial charge in [0.1, 0.15) is 6.61 Å². The molecule has 35 heavy (non-hydrogen) atoms. The van der Waals surface area contributed by atoms with Gasteiger partial charge in [0.15, 0.2) is 0 Å². The van der Waals surface area contributed by atoms with Crippen LogP contribution in [0.4, 0.5) is 4.79 Å². The van der Waals surface area contributed by atoms with Crippen LogP contribution < -0.4 is 10.6 Å². The lowest BCUT2D eigenvalue weighted by molar-refractivity contribution is -0.145. The first-order valence-electron chi connectivity index (χ1n) is 12.6. The molecule has 7 heteroatoms. The van der Waals surface area contributed by atoms with Crippen molar-refractivity contribution in [2.75, 3.05) is 19.7 Å². The number of carboxylic acid groups (broad SMARTS) is 1. The predicted octanol–water partition coefficient (Wildman–Crippen LogP) is 4.70. The zero-order chi connectivity index (χ0) is 24.6. The van der Waals surface area contributed by atoms with Crippen LogP contribution in [0.2, 0.25) is 0 Å². The summed E-state index contributed by atoms with van der Waals surface area (Å²) < 4.78 is 5.53. The van der Waals surface area contributed by atoms with Gasteiger partial charge in [-0.3, -0.25) is 9.59 Å². The van der Waals surface area contributed by atoms with E-state index < -0.39 is 12.1 Å². The van der Waals surface area contributed by atoms with Gasteiger partial charge in [-0.05, 0) is 53.9 Å². The van der Waals surface area contributed by atoms with Gasteiger partial charge in [-0.2, -0.15) is 0 Å². The summed E-state index contributed by atoms with van der Waals surface area (Å²) in [5.41, 5.74) is 4.74. The maximum atomic E-state index is 12.2. The van der Waals surface area contributed by atoms with Gasteiger partial charge in [0.05, 0.1) is 5.92 Å². The summed E-state index contributed by atoms with van der Waals surface area (Å²) in [6.45, 7) is 1.14. The molecule has 1 fully saturated rings. The minimum absolute atomic E-state index is 0.0143. The zero-order valence-electron chi connectivity index (χ0n) is 20.0. The molecule has 2 aromatic carbocycles. The highest BCUT2D eigenvalue weighted by molar-refractivity contribution is 5.79. The Morgan fingerprint density at radius 3 is 2.23 bits per heavy atom. The smallest absolute Gasteiger partial charge is 0.407 e. The molecule has 2 aliphatic carbocycles. The Kier molecular flexibility index (Phi) is 8.40. The van der Waals surface area contributed by atoms with E-state index in [9.17, 15) is 19.5 Å². The number of hydrogen-bond acceptors (Lipinski definition) is 4. The number of carbonyl (C=O) groups excluding carboxylic acids is 2. The summed E-state index contributed by atoms with van der Waals surface area (Å²) in [7, 11) is 0.